The highest BCUT2D eigenvalue weighted by Crippen LogP contribution is 2.23. The SMILES string of the molecule is CC(C)(C)C(=O)NCCCCCc1nc2ccccc2n1CCCOc1ccccc1Cl. The van der Waals surface area contributed by atoms with E-state index in [0.717, 1.165) is 67.8 Å². The predicted molar refractivity (Wildman–Crippen MR) is 131 cm³/mol. The van der Waals surface area contributed by atoms with Crippen LogP contribution >= 0.6 is 11.6 Å². The topological polar surface area (TPSA) is 56.2 Å². The Kier molecular flexibility index (Phi) is 8.57. The van der Waals surface area contributed by atoms with Gasteiger partial charge < -0.3 is 14.6 Å². The molecule has 32 heavy (non-hydrogen) atoms. The number of fused-ring (bicyclic) bond motifs is 1. The van der Waals surface area contributed by atoms with Crippen LogP contribution in [-0.2, 0) is 17.8 Å². The van der Waals surface area contributed by atoms with Gasteiger partial charge in [-0.1, -0.05) is 63.1 Å². The fourth-order valence-electron chi connectivity index (χ4n) is 3.58. The molecule has 5 nitrogen and oxygen atoms in total. The third kappa shape index (κ3) is 6.73. The largest absolute Gasteiger partial charge is 0.492 e. The average Bonchev–Trinajstić information content (AvgIpc) is 3.11. The molecule has 3 aromatic rings. The molecule has 0 aliphatic heterocycles. The van der Waals surface area contributed by atoms with Gasteiger partial charge in [-0.05, 0) is 43.5 Å². The first-order valence-corrected chi connectivity index (χ1v) is 11.8. The lowest BCUT2D eigenvalue weighted by atomic mass is 9.96. The molecular weight excluding hydrogens is 422 g/mol. The highest BCUT2D eigenvalue weighted by atomic mass is 35.5. The van der Waals surface area contributed by atoms with Crippen molar-refractivity contribution in [2.45, 2.75) is 59.4 Å². The van der Waals surface area contributed by atoms with E-state index >= 15 is 0 Å². The number of aromatic nitrogens is 2. The number of benzene rings is 2. The lowest BCUT2D eigenvalue weighted by Crippen LogP contribution is -2.35. The number of nitrogens with one attached hydrogen (secondary N) is 1. The number of aryl methyl sites for hydroxylation is 2. The number of hydrogen-bond donors (Lipinski definition) is 1. The zero-order valence-electron chi connectivity index (χ0n) is 19.4. The van der Waals surface area contributed by atoms with E-state index in [1.165, 1.54) is 0 Å². The minimum atomic E-state index is -0.333. The van der Waals surface area contributed by atoms with Crippen LogP contribution in [0.4, 0.5) is 0 Å². The van der Waals surface area contributed by atoms with Crippen molar-refractivity contribution >= 4 is 28.5 Å². The number of hydrogen-bond acceptors (Lipinski definition) is 3. The number of nitrogens with zero attached hydrogens (tertiary/aromatic N) is 2. The lowest BCUT2D eigenvalue weighted by molar-refractivity contribution is -0.128. The predicted octanol–water partition coefficient (Wildman–Crippen LogP) is 6.03. The maximum absolute atomic E-state index is 12.0. The van der Waals surface area contributed by atoms with Gasteiger partial charge in [-0.2, -0.15) is 0 Å². The number of carbonyl (C=O) groups is 1. The zero-order chi connectivity index (χ0) is 23.0. The van der Waals surface area contributed by atoms with Crippen LogP contribution in [0.3, 0.4) is 0 Å². The Morgan fingerprint density at radius 1 is 1.03 bits per heavy atom. The normalized spacial score (nSPS) is 11.6. The Hall–Kier alpha value is -2.53. The standard InChI is InChI=1S/C26H34ClN3O2/c1-26(2,3)25(31)28-17-10-4-5-16-24-29-21-13-7-8-14-22(21)30(24)18-11-19-32-23-15-9-6-12-20(23)27/h6-9,12-15H,4-5,10-11,16-19H2,1-3H3,(H,28,31). The summed E-state index contributed by atoms with van der Waals surface area (Å²) in [5.74, 6) is 1.95. The van der Waals surface area contributed by atoms with Crippen molar-refractivity contribution in [3.63, 3.8) is 0 Å². The molecule has 6 heteroatoms. The van der Waals surface area contributed by atoms with Gasteiger partial charge in [0.1, 0.15) is 11.6 Å². The van der Waals surface area contributed by atoms with Gasteiger partial charge in [-0.15, -0.1) is 0 Å². The molecule has 3 rings (SSSR count). The Morgan fingerprint density at radius 3 is 2.56 bits per heavy atom. The van der Waals surface area contributed by atoms with E-state index in [0.29, 0.717) is 11.6 Å². The van der Waals surface area contributed by atoms with Crippen LogP contribution in [0.5, 0.6) is 5.75 Å². The number of rotatable bonds is 11. The molecule has 0 unspecified atom stereocenters. The Labute approximate surface area is 196 Å². The minimum absolute atomic E-state index is 0.110. The molecule has 172 valence electrons. The molecule has 0 saturated heterocycles. The fourth-order valence-corrected chi connectivity index (χ4v) is 3.77. The summed E-state index contributed by atoms with van der Waals surface area (Å²) in [6, 6.07) is 15.8. The molecule has 1 amide bonds. The summed E-state index contributed by atoms with van der Waals surface area (Å²) in [7, 11) is 0. The summed E-state index contributed by atoms with van der Waals surface area (Å²) in [6.07, 6.45) is 4.88. The maximum Gasteiger partial charge on any atom is 0.225 e. The summed E-state index contributed by atoms with van der Waals surface area (Å²) in [6.45, 7) is 7.99. The summed E-state index contributed by atoms with van der Waals surface area (Å²) in [4.78, 5) is 16.8. The number of amides is 1. The molecule has 2 aromatic carbocycles. The maximum atomic E-state index is 12.0. The van der Waals surface area contributed by atoms with Gasteiger partial charge in [0.2, 0.25) is 5.91 Å². The third-order valence-electron chi connectivity index (χ3n) is 5.40. The van der Waals surface area contributed by atoms with E-state index in [1.54, 1.807) is 0 Å². The van der Waals surface area contributed by atoms with Crippen molar-refractivity contribution in [1.82, 2.24) is 14.9 Å². The van der Waals surface area contributed by atoms with Gasteiger partial charge in [0.25, 0.3) is 0 Å². The van der Waals surface area contributed by atoms with Gasteiger partial charge in [-0.25, -0.2) is 4.98 Å². The molecular formula is C26H34ClN3O2. The summed E-state index contributed by atoms with van der Waals surface area (Å²) in [5.41, 5.74) is 1.87. The van der Waals surface area contributed by atoms with Gasteiger partial charge >= 0.3 is 0 Å². The second-order valence-electron chi connectivity index (χ2n) is 9.12. The fraction of sp³-hybridized carbons (Fsp3) is 0.462. The molecule has 1 aromatic heterocycles. The molecule has 0 aliphatic rings. The number of unbranched alkanes of at least 4 members (excludes halogenated alkanes) is 2. The summed E-state index contributed by atoms with van der Waals surface area (Å²) >= 11 is 6.18. The number of halogens is 1. The van der Waals surface area contributed by atoms with Crippen molar-refractivity contribution in [2.24, 2.45) is 5.41 Å². The molecule has 0 radical (unpaired) electrons. The smallest absolute Gasteiger partial charge is 0.225 e. The average molecular weight is 456 g/mol. The Morgan fingerprint density at radius 2 is 1.78 bits per heavy atom. The summed E-state index contributed by atoms with van der Waals surface area (Å²) < 4.78 is 8.17. The molecule has 1 heterocycles. The minimum Gasteiger partial charge on any atom is -0.492 e. The van der Waals surface area contributed by atoms with Crippen molar-refractivity contribution < 1.29 is 9.53 Å². The van der Waals surface area contributed by atoms with Crippen LogP contribution in [-0.4, -0.2) is 28.6 Å². The van der Waals surface area contributed by atoms with Crippen molar-refractivity contribution in [3.8, 4) is 5.75 Å². The van der Waals surface area contributed by atoms with Crippen LogP contribution in [0.25, 0.3) is 11.0 Å². The highest BCUT2D eigenvalue weighted by Gasteiger charge is 2.20. The Balaban J connectivity index is 1.50. The quantitative estimate of drug-likeness (QED) is 0.359. The molecule has 0 saturated carbocycles. The molecule has 0 bridgehead atoms. The molecule has 0 fully saturated rings. The van der Waals surface area contributed by atoms with Crippen molar-refractivity contribution in [1.29, 1.82) is 0 Å². The summed E-state index contributed by atoms with van der Waals surface area (Å²) in [5, 5.41) is 3.66. The first-order valence-electron chi connectivity index (χ1n) is 11.5. The number of carbonyl (C=O) groups excluding carboxylic acids is 1. The second-order valence-corrected chi connectivity index (χ2v) is 9.52. The van der Waals surface area contributed by atoms with Crippen LogP contribution < -0.4 is 10.1 Å². The first kappa shape index (κ1) is 24.1. The molecule has 1 N–H and O–H groups in total. The van der Waals surface area contributed by atoms with Gasteiger partial charge in [0, 0.05) is 24.9 Å². The van der Waals surface area contributed by atoms with Gasteiger partial charge in [-0.3, -0.25) is 4.79 Å². The zero-order valence-corrected chi connectivity index (χ0v) is 20.1. The third-order valence-corrected chi connectivity index (χ3v) is 5.71. The van der Waals surface area contributed by atoms with Crippen LogP contribution in [0.15, 0.2) is 48.5 Å². The first-order chi connectivity index (χ1) is 15.4. The number of ether oxygens (including phenoxy) is 1. The monoisotopic (exact) mass is 455 g/mol. The van der Waals surface area contributed by atoms with Crippen molar-refractivity contribution in [2.75, 3.05) is 13.2 Å². The van der Waals surface area contributed by atoms with E-state index < -0.39 is 0 Å². The number of imidazole rings is 1. The Bertz CT molecular complexity index is 1020. The molecule has 0 aliphatic carbocycles. The molecule has 0 spiro atoms. The van der Waals surface area contributed by atoms with Crippen molar-refractivity contribution in [3.05, 3.63) is 59.4 Å². The highest BCUT2D eigenvalue weighted by molar-refractivity contribution is 6.32. The van der Waals surface area contributed by atoms with E-state index in [2.05, 4.69) is 28.1 Å². The van der Waals surface area contributed by atoms with Crippen LogP contribution in [0, 0.1) is 5.41 Å². The van der Waals surface area contributed by atoms with Gasteiger partial charge in [0.05, 0.1) is 22.7 Å². The molecule has 0 atom stereocenters. The van der Waals surface area contributed by atoms with Crippen LogP contribution in [0.2, 0.25) is 5.02 Å². The van der Waals surface area contributed by atoms with E-state index in [-0.39, 0.29) is 11.3 Å². The number of para-hydroxylation sites is 3. The second kappa shape index (κ2) is 11.4. The van der Waals surface area contributed by atoms with E-state index in [4.69, 9.17) is 21.3 Å². The van der Waals surface area contributed by atoms with Gasteiger partial charge in [0.15, 0.2) is 0 Å². The van der Waals surface area contributed by atoms with Crippen LogP contribution in [0.1, 0.15) is 52.3 Å². The lowest BCUT2D eigenvalue weighted by Gasteiger charge is -2.17. The van der Waals surface area contributed by atoms with E-state index in [1.807, 2.05) is 51.1 Å². The van der Waals surface area contributed by atoms with E-state index in [9.17, 15) is 4.79 Å².